The molecule has 4 rings (SSSR count). The van der Waals surface area contributed by atoms with Crippen molar-refractivity contribution in [2.24, 2.45) is 11.8 Å². The van der Waals surface area contributed by atoms with Crippen molar-refractivity contribution in [3.05, 3.63) is 71.8 Å². The third-order valence-electron chi connectivity index (χ3n) is 6.56. The van der Waals surface area contributed by atoms with Crippen molar-refractivity contribution < 1.29 is 23.8 Å². The van der Waals surface area contributed by atoms with Crippen LogP contribution in [0.5, 0.6) is 5.75 Å². The van der Waals surface area contributed by atoms with E-state index >= 15 is 0 Å². The first kappa shape index (κ1) is 23.9. The zero-order valence-corrected chi connectivity index (χ0v) is 19.9. The monoisotopic (exact) mass is 463 g/mol. The molecule has 0 unspecified atom stereocenters. The zero-order chi connectivity index (χ0) is 23.9. The minimum absolute atomic E-state index is 0.0250. The number of carbonyl (C=O) groups is 2. The molecule has 1 fully saturated rings. The van der Waals surface area contributed by atoms with Gasteiger partial charge in [-0.1, -0.05) is 61.9 Å². The van der Waals surface area contributed by atoms with Crippen LogP contribution in [0.25, 0.3) is 5.57 Å². The maximum Gasteiger partial charge on any atom is 0.410 e. The second-order valence-electron chi connectivity index (χ2n) is 8.78. The molecule has 3 atom stereocenters. The van der Waals surface area contributed by atoms with E-state index in [1.807, 2.05) is 42.5 Å². The molecular weight excluding hydrogens is 430 g/mol. The third-order valence-corrected chi connectivity index (χ3v) is 6.56. The van der Waals surface area contributed by atoms with Crippen LogP contribution in [0.4, 0.5) is 4.79 Å². The van der Waals surface area contributed by atoms with Crippen LogP contribution >= 0.6 is 0 Å². The molecule has 0 N–H and O–H groups in total. The first-order chi connectivity index (χ1) is 16.6. The van der Waals surface area contributed by atoms with E-state index in [0.29, 0.717) is 19.6 Å². The van der Waals surface area contributed by atoms with Crippen LogP contribution in [0.3, 0.4) is 0 Å². The molecule has 2 aromatic carbocycles. The minimum atomic E-state index is -0.647. The van der Waals surface area contributed by atoms with Gasteiger partial charge in [0.1, 0.15) is 18.4 Å². The highest BCUT2D eigenvalue weighted by atomic mass is 16.6. The van der Waals surface area contributed by atoms with Crippen LogP contribution in [-0.4, -0.2) is 42.8 Å². The number of hydrogen-bond donors (Lipinski definition) is 0. The van der Waals surface area contributed by atoms with Crippen molar-refractivity contribution in [2.75, 3.05) is 19.8 Å². The number of rotatable bonds is 9. The molecule has 6 heteroatoms. The molecule has 180 valence electrons. The number of benzene rings is 2. The highest BCUT2D eigenvalue weighted by Gasteiger charge is 2.52. The fourth-order valence-corrected chi connectivity index (χ4v) is 4.90. The van der Waals surface area contributed by atoms with Gasteiger partial charge in [-0.25, -0.2) is 9.59 Å². The summed E-state index contributed by atoms with van der Waals surface area (Å²) in [5.74, 6) is 0.500. The molecule has 2 aliphatic rings. The van der Waals surface area contributed by atoms with Crippen molar-refractivity contribution in [1.29, 1.82) is 0 Å². The van der Waals surface area contributed by atoms with Crippen molar-refractivity contribution in [2.45, 2.75) is 45.8 Å². The lowest BCUT2D eigenvalue weighted by atomic mass is 9.87. The van der Waals surface area contributed by atoms with Gasteiger partial charge in [-0.2, -0.15) is 0 Å². The number of amides is 1. The van der Waals surface area contributed by atoms with Crippen molar-refractivity contribution in [3.63, 3.8) is 0 Å². The lowest BCUT2D eigenvalue weighted by molar-refractivity contribution is -0.149. The number of nitrogens with zero attached hydrogens (tertiary/aromatic N) is 1. The lowest BCUT2D eigenvalue weighted by Gasteiger charge is -2.25. The number of ether oxygens (including phenoxy) is 3. The van der Waals surface area contributed by atoms with E-state index in [9.17, 15) is 9.59 Å². The standard InChI is InChI=1S/C28H33NO5/c1-3-5-16-33-22-13-9-12-21(17-22)23-14-15-24-25(23)18-29(26(24)27(30)32-4-2)28(31)34-19-20-10-7-6-8-11-20/h6-14,17,24-26H,3-5,15-16,18-19H2,1-2H3/t24-,25+,26-/m0/s1. The van der Waals surface area contributed by atoms with E-state index in [4.69, 9.17) is 14.2 Å². The molecule has 0 saturated carbocycles. The predicted octanol–water partition coefficient (Wildman–Crippen LogP) is 5.47. The molecule has 6 nitrogen and oxygen atoms in total. The van der Waals surface area contributed by atoms with Crippen LogP contribution in [0.1, 0.15) is 44.2 Å². The molecule has 1 aliphatic heterocycles. The van der Waals surface area contributed by atoms with Crippen molar-refractivity contribution in [1.82, 2.24) is 4.90 Å². The summed E-state index contributed by atoms with van der Waals surface area (Å²) in [4.78, 5) is 27.5. The van der Waals surface area contributed by atoms with Gasteiger partial charge in [-0.15, -0.1) is 0 Å². The first-order valence-electron chi connectivity index (χ1n) is 12.2. The molecule has 2 aromatic rings. The molecule has 0 bridgehead atoms. The van der Waals surface area contributed by atoms with Gasteiger partial charge < -0.3 is 14.2 Å². The van der Waals surface area contributed by atoms with Crippen LogP contribution < -0.4 is 4.74 Å². The Morgan fingerprint density at radius 3 is 2.62 bits per heavy atom. The van der Waals surface area contributed by atoms with E-state index in [0.717, 1.165) is 35.3 Å². The highest BCUT2D eigenvalue weighted by molar-refractivity contribution is 5.85. The second kappa shape index (κ2) is 11.2. The lowest BCUT2D eigenvalue weighted by Crippen LogP contribution is -2.44. The van der Waals surface area contributed by atoms with E-state index < -0.39 is 12.1 Å². The summed E-state index contributed by atoms with van der Waals surface area (Å²) < 4.78 is 16.8. The number of carbonyl (C=O) groups excluding carboxylic acids is 2. The Kier molecular flexibility index (Phi) is 7.88. The molecule has 1 saturated heterocycles. The van der Waals surface area contributed by atoms with Gasteiger partial charge in [0.15, 0.2) is 0 Å². The minimum Gasteiger partial charge on any atom is -0.494 e. The van der Waals surface area contributed by atoms with E-state index in [1.54, 1.807) is 11.8 Å². The van der Waals surface area contributed by atoms with Gasteiger partial charge in [0.2, 0.25) is 0 Å². The summed E-state index contributed by atoms with van der Waals surface area (Å²) in [6.07, 6.45) is 4.53. The smallest absolute Gasteiger partial charge is 0.410 e. The highest BCUT2D eigenvalue weighted by Crippen LogP contribution is 2.47. The Hall–Kier alpha value is -3.28. The molecule has 34 heavy (non-hydrogen) atoms. The fraction of sp³-hybridized carbons (Fsp3) is 0.429. The van der Waals surface area contributed by atoms with Gasteiger partial charge in [-0.05, 0) is 48.6 Å². The van der Waals surface area contributed by atoms with E-state index in [1.165, 1.54) is 0 Å². The fourth-order valence-electron chi connectivity index (χ4n) is 4.90. The number of fused-ring (bicyclic) bond motifs is 1. The molecule has 0 radical (unpaired) electrons. The number of unbranched alkanes of at least 4 members (excludes halogenated alkanes) is 1. The van der Waals surface area contributed by atoms with Crippen LogP contribution in [-0.2, 0) is 20.9 Å². The number of esters is 1. The molecule has 0 spiro atoms. The first-order valence-corrected chi connectivity index (χ1v) is 12.2. The van der Waals surface area contributed by atoms with Gasteiger partial charge in [0.25, 0.3) is 0 Å². The Balaban J connectivity index is 1.50. The van der Waals surface area contributed by atoms with Crippen LogP contribution in [0, 0.1) is 11.8 Å². The van der Waals surface area contributed by atoms with Gasteiger partial charge in [-0.3, -0.25) is 4.90 Å². The molecule has 1 heterocycles. The average Bonchev–Trinajstić information content (AvgIpc) is 3.43. The summed E-state index contributed by atoms with van der Waals surface area (Å²) in [5.41, 5.74) is 3.13. The maximum atomic E-state index is 13.1. The Morgan fingerprint density at radius 2 is 1.85 bits per heavy atom. The van der Waals surface area contributed by atoms with Crippen LogP contribution in [0.2, 0.25) is 0 Å². The molecule has 1 amide bonds. The number of hydrogen-bond acceptors (Lipinski definition) is 5. The van der Waals surface area contributed by atoms with E-state index in [2.05, 4.69) is 25.1 Å². The summed E-state index contributed by atoms with van der Waals surface area (Å²) in [6, 6.07) is 17.0. The average molecular weight is 464 g/mol. The van der Waals surface area contributed by atoms with Crippen molar-refractivity contribution >= 4 is 17.6 Å². The van der Waals surface area contributed by atoms with E-state index in [-0.39, 0.29) is 31.0 Å². The van der Waals surface area contributed by atoms with Crippen LogP contribution in [0.15, 0.2) is 60.7 Å². The van der Waals surface area contributed by atoms with Gasteiger partial charge in [0.05, 0.1) is 13.2 Å². The molecule has 1 aliphatic carbocycles. The summed E-state index contributed by atoms with van der Waals surface area (Å²) >= 11 is 0. The SMILES string of the molecule is CCCCOc1cccc(C2=CC[C@H]3[C@@H]2CN(C(=O)OCc2ccccc2)[C@@H]3C(=O)OCC)c1. The number of likely N-dealkylation sites (tertiary alicyclic amines) is 1. The maximum absolute atomic E-state index is 13.1. The largest absolute Gasteiger partial charge is 0.494 e. The van der Waals surface area contributed by atoms with Gasteiger partial charge in [0, 0.05) is 18.4 Å². The summed E-state index contributed by atoms with van der Waals surface area (Å²) in [6.45, 7) is 5.48. The normalized spacial score (nSPS) is 21.1. The topological polar surface area (TPSA) is 65.1 Å². The van der Waals surface area contributed by atoms with Crippen molar-refractivity contribution in [3.8, 4) is 5.75 Å². The predicted molar refractivity (Wildman–Crippen MR) is 130 cm³/mol. The Morgan fingerprint density at radius 1 is 1.03 bits per heavy atom. The zero-order valence-electron chi connectivity index (χ0n) is 19.9. The summed E-state index contributed by atoms with van der Waals surface area (Å²) in [5, 5.41) is 0. The Bertz CT molecular complexity index is 1020. The Labute approximate surface area is 201 Å². The third kappa shape index (κ3) is 5.27. The summed E-state index contributed by atoms with van der Waals surface area (Å²) in [7, 11) is 0. The second-order valence-corrected chi connectivity index (χ2v) is 8.78. The molecule has 0 aromatic heterocycles. The van der Waals surface area contributed by atoms with Gasteiger partial charge >= 0.3 is 12.1 Å². The molecular formula is C28H33NO5. The number of allylic oxidation sites excluding steroid dienone is 1. The quantitative estimate of drug-likeness (QED) is 0.364.